The lowest BCUT2D eigenvalue weighted by atomic mass is 10.1. The number of aromatic nitrogens is 1. The van der Waals surface area contributed by atoms with E-state index in [-0.39, 0.29) is 11.0 Å². The van der Waals surface area contributed by atoms with Crippen LogP contribution in [0.15, 0.2) is 53.9 Å². The van der Waals surface area contributed by atoms with Gasteiger partial charge >= 0.3 is 0 Å². The van der Waals surface area contributed by atoms with Crippen LogP contribution in [0, 0.1) is 13.8 Å². The second-order valence-electron chi connectivity index (χ2n) is 5.63. The molecule has 3 rings (SSSR count). The van der Waals surface area contributed by atoms with E-state index in [0.717, 1.165) is 22.4 Å². The van der Waals surface area contributed by atoms with Gasteiger partial charge in [-0.2, -0.15) is 0 Å². The molecule has 0 aliphatic rings. The summed E-state index contributed by atoms with van der Waals surface area (Å²) >= 11 is 6.67. The van der Waals surface area contributed by atoms with Crippen LogP contribution in [0.3, 0.4) is 0 Å². The van der Waals surface area contributed by atoms with Crippen LogP contribution in [-0.2, 0) is 0 Å². The van der Waals surface area contributed by atoms with Gasteiger partial charge in [0.2, 0.25) is 0 Å². The molecule has 0 spiro atoms. The highest BCUT2D eigenvalue weighted by Crippen LogP contribution is 2.24. The van der Waals surface area contributed by atoms with E-state index >= 15 is 0 Å². The van der Waals surface area contributed by atoms with Gasteiger partial charge in [-0.25, -0.2) is 4.98 Å². The molecule has 1 amide bonds. The molecular weight excluding hydrogens is 350 g/mol. The molecule has 126 valence electrons. The molecule has 25 heavy (non-hydrogen) atoms. The Kier molecular flexibility index (Phi) is 5.21. The van der Waals surface area contributed by atoms with Crippen LogP contribution in [0.2, 0.25) is 0 Å². The summed E-state index contributed by atoms with van der Waals surface area (Å²) in [4.78, 5) is 16.8. The van der Waals surface area contributed by atoms with Crippen molar-refractivity contribution in [3.63, 3.8) is 0 Å². The van der Waals surface area contributed by atoms with E-state index in [1.807, 2.05) is 61.7 Å². The van der Waals surface area contributed by atoms with Gasteiger partial charge in [-0.05, 0) is 37.7 Å². The lowest BCUT2D eigenvalue weighted by molar-refractivity contribution is 0.0977. The Morgan fingerprint density at radius 3 is 2.60 bits per heavy atom. The number of hydrogen-bond donors (Lipinski definition) is 2. The first-order valence-electron chi connectivity index (χ1n) is 7.73. The number of nitrogens with one attached hydrogen (secondary N) is 2. The average Bonchev–Trinajstić information content (AvgIpc) is 3.03. The van der Waals surface area contributed by atoms with Crippen molar-refractivity contribution < 1.29 is 4.79 Å². The third-order valence-electron chi connectivity index (χ3n) is 3.65. The van der Waals surface area contributed by atoms with E-state index in [1.54, 1.807) is 6.07 Å². The number of aryl methyl sites for hydroxylation is 2. The fraction of sp³-hybridized carbons (Fsp3) is 0.105. The van der Waals surface area contributed by atoms with Crippen molar-refractivity contribution in [1.82, 2.24) is 10.3 Å². The van der Waals surface area contributed by atoms with Gasteiger partial charge < -0.3 is 5.32 Å². The van der Waals surface area contributed by atoms with Crippen LogP contribution >= 0.6 is 23.6 Å². The molecule has 2 aromatic carbocycles. The second-order valence-corrected chi connectivity index (χ2v) is 6.90. The van der Waals surface area contributed by atoms with Gasteiger partial charge in [0.15, 0.2) is 10.2 Å². The van der Waals surface area contributed by atoms with Crippen LogP contribution in [0.4, 0.5) is 5.13 Å². The average molecular weight is 367 g/mol. The highest BCUT2D eigenvalue weighted by Gasteiger charge is 2.12. The van der Waals surface area contributed by atoms with Gasteiger partial charge in [-0.15, -0.1) is 11.3 Å². The fourth-order valence-electron chi connectivity index (χ4n) is 2.44. The topological polar surface area (TPSA) is 54.0 Å². The number of hydrogen-bond acceptors (Lipinski definition) is 4. The highest BCUT2D eigenvalue weighted by atomic mass is 32.1. The number of benzene rings is 2. The number of carbonyl (C=O) groups is 1. The molecular formula is C19H17N3OS2. The van der Waals surface area contributed by atoms with E-state index < -0.39 is 0 Å². The minimum absolute atomic E-state index is 0.227. The predicted octanol–water partition coefficient (Wildman–Crippen LogP) is 4.55. The lowest BCUT2D eigenvalue weighted by Crippen LogP contribution is -2.34. The molecule has 2 N–H and O–H groups in total. The Labute approximate surface area is 155 Å². The molecule has 0 aliphatic heterocycles. The van der Waals surface area contributed by atoms with Crippen LogP contribution in [0.25, 0.3) is 11.3 Å². The summed E-state index contributed by atoms with van der Waals surface area (Å²) in [6.07, 6.45) is 0. The van der Waals surface area contributed by atoms with Crippen molar-refractivity contribution in [1.29, 1.82) is 0 Å². The summed E-state index contributed by atoms with van der Waals surface area (Å²) < 4.78 is 0. The molecule has 6 heteroatoms. The van der Waals surface area contributed by atoms with Crippen LogP contribution < -0.4 is 10.6 Å². The normalized spacial score (nSPS) is 10.3. The van der Waals surface area contributed by atoms with Crippen molar-refractivity contribution in [2.24, 2.45) is 0 Å². The third-order valence-corrected chi connectivity index (χ3v) is 4.61. The van der Waals surface area contributed by atoms with E-state index in [0.29, 0.717) is 10.7 Å². The first-order chi connectivity index (χ1) is 12.0. The van der Waals surface area contributed by atoms with Gasteiger partial charge in [0.25, 0.3) is 5.91 Å². The molecule has 3 aromatic rings. The van der Waals surface area contributed by atoms with Crippen LogP contribution in [-0.4, -0.2) is 16.0 Å². The fourth-order valence-corrected chi connectivity index (χ4v) is 3.42. The number of carbonyl (C=O) groups excluding carboxylic acids is 1. The Bertz CT molecular complexity index is 919. The molecule has 0 unspecified atom stereocenters. The molecule has 0 bridgehead atoms. The number of anilines is 1. The largest absolute Gasteiger partial charge is 0.308 e. The highest BCUT2D eigenvalue weighted by molar-refractivity contribution is 7.80. The van der Waals surface area contributed by atoms with Crippen molar-refractivity contribution >= 4 is 39.7 Å². The molecule has 0 atom stereocenters. The lowest BCUT2D eigenvalue weighted by Gasteiger charge is -2.09. The van der Waals surface area contributed by atoms with Gasteiger partial charge in [0.05, 0.1) is 5.69 Å². The third kappa shape index (κ3) is 4.29. The SMILES string of the molecule is Cc1ccc(C(=O)NC(=S)Nc2nc(-c3ccccc3)cs2)c(C)c1. The van der Waals surface area contributed by atoms with E-state index in [1.165, 1.54) is 11.3 Å². The second kappa shape index (κ2) is 7.55. The molecule has 4 nitrogen and oxygen atoms in total. The summed E-state index contributed by atoms with van der Waals surface area (Å²) in [7, 11) is 0. The van der Waals surface area contributed by atoms with E-state index in [4.69, 9.17) is 12.2 Å². The minimum atomic E-state index is -0.227. The zero-order valence-corrected chi connectivity index (χ0v) is 15.5. The maximum absolute atomic E-state index is 12.3. The molecule has 0 saturated carbocycles. The molecule has 1 aromatic heterocycles. The molecule has 0 fully saturated rings. The molecule has 0 saturated heterocycles. The van der Waals surface area contributed by atoms with Crippen molar-refractivity contribution in [2.75, 3.05) is 5.32 Å². The monoisotopic (exact) mass is 367 g/mol. The van der Waals surface area contributed by atoms with Crippen LogP contribution in [0.1, 0.15) is 21.5 Å². The Morgan fingerprint density at radius 1 is 1.12 bits per heavy atom. The first-order valence-corrected chi connectivity index (χ1v) is 9.02. The zero-order valence-electron chi connectivity index (χ0n) is 13.9. The van der Waals surface area contributed by atoms with Gasteiger partial charge in [-0.3, -0.25) is 10.1 Å². The summed E-state index contributed by atoms with van der Waals surface area (Å²) in [6.45, 7) is 3.90. The maximum atomic E-state index is 12.3. The molecule has 1 heterocycles. The quantitative estimate of drug-likeness (QED) is 0.667. The van der Waals surface area contributed by atoms with Crippen molar-refractivity contribution in [3.05, 3.63) is 70.6 Å². The predicted molar refractivity (Wildman–Crippen MR) is 107 cm³/mol. The molecule has 0 aliphatic carbocycles. The zero-order chi connectivity index (χ0) is 17.8. The number of nitrogens with zero attached hydrogens (tertiary/aromatic N) is 1. The van der Waals surface area contributed by atoms with Gasteiger partial charge in [-0.1, -0.05) is 48.0 Å². The summed E-state index contributed by atoms with van der Waals surface area (Å²) in [5.41, 5.74) is 4.55. The van der Waals surface area contributed by atoms with E-state index in [9.17, 15) is 4.79 Å². The maximum Gasteiger partial charge on any atom is 0.257 e. The van der Waals surface area contributed by atoms with Crippen molar-refractivity contribution in [3.8, 4) is 11.3 Å². The summed E-state index contributed by atoms with van der Waals surface area (Å²) in [6, 6.07) is 15.6. The first kappa shape index (κ1) is 17.3. The van der Waals surface area contributed by atoms with Crippen molar-refractivity contribution in [2.45, 2.75) is 13.8 Å². The number of amides is 1. The smallest absolute Gasteiger partial charge is 0.257 e. The van der Waals surface area contributed by atoms with Crippen LogP contribution in [0.5, 0.6) is 0 Å². The number of thiocarbonyl (C=S) groups is 1. The number of thiazole rings is 1. The Hall–Kier alpha value is -2.57. The van der Waals surface area contributed by atoms with Gasteiger partial charge in [0.1, 0.15) is 0 Å². The Morgan fingerprint density at radius 2 is 1.88 bits per heavy atom. The standard InChI is InChI=1S/C19H17N3OS2/c1-12-8-9-15(13(2)10-12)17(23)21-18(24)22-19-20-16(11-25-19)14-6-4-3-5-7-14/h3-11H,1-2H3,(H2,20,21,22,23,24). The van der Waals surface area contributed by atoms with E-state index in [2.05, 4.69) is 15.6 Å². The minimum Gasteiger partial charge on any atom is -0.308 e. The molecule has 0 radical (unpaired) electrons. The Balaban J connectivity index is 1.65. The number of rotatable bonds is 3. The van der Waals surface area contributed by atoms with Gasteiger partial charge in [0, 0.05) is 16.5 Å². The summed E-state index contributed by atoms with van der Waals surface area (Å²) in [5, 5.41) is 8.50. The summed E-state index contributed by atoms with van der Waals surface area (Å²) in [5.74, 6) is -0.227.